The van der Waals surface area contributed by atoms with Crippen molar-refractivity contribution in [2.24, 2.45) is 0 Å². The molecule has 1 unspecified atom stereocenters. The molecule has 2 amide bonds. The summed E-state index contributed by atoms with van der Waals surface area (Å²) in [7, 11) is 0. The summed E-state index contributed by atoms with van der Waals surface area (Å²) in [4.78, 5) is 47.6. The number of carbonyl (C=O) groups excluding carboxylic acids is 3. The highest BCUT2D eigenvalue weighted by atomic mass is 16.7. The number of hydrogen-bond acceptors (Lipinski definition) is 8. The molecule has 1 heterocycles. The molecule has 264 valence electrons. The van der Waals surface area contributed by atoms with Gasteiger partial charge in [-0.2, -0.15) is 0 Å². The van der Waals surface area contributed by atoms with Crippen LogP contribution in [0, 0.1) is 0 Å². The number of fused-ring (bicyclic) bond motifs is 4. The number of benzene rings is 3. The van der Waals surface area contributed by atoms with Crippen molar-refractivity contribution in [1.29, 1.82) is 0 Å². The SMILES string of the molecule is CCOC(OCC)[C@H](C)N(Cc1cccc2cccnc12)C(=O)C(CC(=O)OC(C)(C)C)NC(=O)OCC1c2ccccc2-c2ccccc21. The van der Waals surface area contributed by atoms with Gasteiger partial charge < -0.3 is 29.2 Å². The van der Waals surface area contributed by atoms with Crippen molar-refractivity contribution in [3.8, 4) is 11.1 Å². The fraction of sp³-hybridized carbons (Fsp3) is 0.400. The highest BCUT2D eigenvalue weighted by molar-refractivity contribution is 5.90. The maximum absolute atomic E-state index is 14.7. The lowest BCUT2D eigenvalue weighted by molar-refractivity contribution is -0.180. The van der Waals surface area contributed by atoms with Crippen molar-refractivity contribution in [2.45, 2.75) is 84.4 Å². The molecular weight excluding hydrogens is 634 g/mol. The maximum atomic E-state index is 14.7. The largest absolute Gasteiger partial charge is 0.460 e. The number of nitrogens with zero attached hydrogens (tertiary/aromatic N) is 2. The molecule has 0 aliphatic heterocycles. The standard InChI is InChI=1S/C40H47N3O7/c1-7-47-38(48-8-2)26(3)43(24-28-16-13-15-27-17-14-22-41-36(27)28)37(45)34(23-35(44)50-40(4,5)6)42-39(46)49-25-33-31-20-11-9-18-29(31)30-19-10-12-21-32(30)33/h9-22,26,33-34,38H,7-8,23-25H2,1-6H3,(H,42,46)/t26-,34?/m0/s1. The van der Waals surface area contributed by atoms with Crippen LogP contribution in [-0.2, 0) is 35.1 Å². The van der Waals surface area contributed by atoms with Crippen LogP contribution in [0.15, 0.2) is 85.1 Å². The number of hydrogen-bond donors (Lipinski definition) is 1. The number of esters is 1. The molecule has 50 heavy (non-hydrogen) atoms. The van der Waals surface area contributed by atoms with E-state index in [1.807, 2.05) is 87.5 Å². The molecule has 0 radical (unpaired) electrons. The van der Waals surface area contributed by atoms with Gasteiger partial charge in [-0.15, -0.1) is 0 Å². The van der Waals surface area contributed by atoms with Gasteiger partial charge in [-0.05, 0) is 75.4 Å². The molecule has 0 saturated heterocycles. The number of alkyl carbamates (subject to hydrolysis) is 1. The van der Waals surface area contributed by atoms with Crippen LogP contribution in [0.4, 0.5) is 4.79 Å². The summed E-state index contributed by atoms with van der Waals surface area (Å²) >= 11 is 0. The zero-order valence-electron chi connectivity index (χ0n) is 29.7. The molecule has 4 aromatic rings. The van der Waals surface area contributed by atoms with Crippen LogP contribution in [-0.4, -0.2) is 71.6 Å². The predicted octanol–water partition coefficient (Wildman–Crippen LogP) is 6.99. The summed E-state index contributed by atoms with van der Waals surface area (Å²) in [5.74, 6) is -1.34. The molecule has 5 rings (SSSR count). The Labute approximate surface area is 294 Å². The van der Waals surface area contributed by atoms with Crippen LogP contribution in [0.3, 0.4) is 0 Å². The van der Waals surface area contributed by atoms with E-state index in [1.54, 1.807) is 31.9 Å². The molecule has 1 aliphatic carbocycles. The number of pyridine rings is 1. The average molecular weight is 682 g/mol. The molecule has 1 aromatic heterocycles. The number of rotatable bonds is 14. The Hall–Kier alpha value is -4.80. The van der Waals surface area contributed by atoms with Gasteiger partial charge in [0.2, 0.25) is 5.91 Å². The van der Waals surface area contributed by atoms with E-state index in [0.717, 1.165) is 38.7 Å². The zero-order chi connectivity index (χ0) is 35.8. The summed E-state index contributed by atoms with van der Waals surface area (Å²) in [6.45, 7) is 11.6. The minimum absolute atomic E-state index is 0.0474. The number of nitrogens with one attached hydrogen (secondary N) is 1. The van der Waals surface area contributed by atoms with E-state index in [0.29, 0.717) is 13.2 Å². The molecule has 1 aliphatic rings. The minimum atomic E-state index is -1.31. The van der Waals surface area contributed by atoms with Gasteiger partial charge in [0, 0.05) is 37.3 Å². The van der Waals surface area contributed by atoms with E-state index in [1.165, 1.54) is 0 Å². The van der Waals surface area contributed by atoms with Crippen molar-refractivity contribution in [2.75, 3.05) is 19.8 Å². The summed E-state index contributed by atoms with van der Waals surface area (Å²) < 4.78 is 23.3. The molecule has 3 aromatic carbocycles. The van der Waals surface area contributed by atoms with Crippen molar-refractivity contribution in [3.63, 3.8) is 0 Å². The van der Waals surface area contributed by atoms with E-state index < -0.39 is 48.4 Å². The van der Waals surface area contributed by atoms with Gasteiger partial charge in [-0.25, -0.2) is 4.79 Å². The highest BCUT2D eigenvalue weighted by Gasteiger charge is 2.37. The Balaban J connectivity index is 1.43. The first kappa shape index (κ1) is 36.5. The topological polar surface area (TPSA) is 116 Å². The zero-order valence-corrected chi connectivity index (χ0v) is 29.7. The highest BCUT2D eigenvalue weighted by Crippen LogP contribution is 2.44. The van der Waals surface area contributed by atoms with Crippen LogP contribution in [0.1, 0.15) is 70.6 Å². The normalized spacial score (nSPS) is 13.7. The lowest BCUT2D eigenvalue weighted by atomic mass is 9.98. The summed E-state index contributed by atoms with van der Waals surface area (Å²) in [6.07, 6.45) is -0.298. The monoisotopic (exact) mass is 681 g/mol. The van der Waals surface area contributed by atoms with E-state index in [-0.39, 0.29) is 19.1 Å². The third-order valence-electron chi connectivity index (χ3n) is 8.61. The van der Waals surface area contributed by atoms with Gasteiger partial charge in [0.15, 0.2) is 6.29 Å². The number of amides is 2. The summed E-state index contributed by atoms with van der Waals surface area (Å²) in [5, 5.41) is 3.63. The van der Waals surface area contributed by atoms with Crippen molar-refractivity contribution in [1.82, 2.24) is 15.2 Å². The number of aromatic nitrogens is 1. The van der Waals surface area contributed by atoms with E-state index >= 15 is 0 Å². The van der Waals surface area contributed by atoms with Gasteiger partial charge in [0.1, 0.15) is 18.2 Å². The molecule has 0 fully saturated rings. The maximum Gasteiger partial charge on any atom is 0.407 e. The molecular formula is C40H47N3O7. The lowest BCUT2D eigenvalue weighted by Crippen LogP contribution is -2.55. The number of ether oxygens (including phenoxy) is 4. The quantitative estimate of drug-likeness (QED) is 0.112. The second-order valence-corrected chi connectivity index (χ2v) is 13.3. The molecule has 0 spiro atoms. The average Bonchev–Trinajstić information content (AvgIpc) is 3.41. The van der Waals surface area contributed by atoms with Crippen LogP contribution < -0.4 is 5.32 Å². The smallest absolute Gasteiger partial charge is 0.407 e. The van der Waals surface area contributed by atoms with Gasteiger partial charge in [0.25, 0.3) is 0 Å². The van der Waals surface area contributed by atoms with Gasteiger partial charge >= 0.3 is 12.1 Å². The summed E-state index contributed by atoms with van der Waals surface area (Å²) in [5.41, 5.74) is 5.03. The van der Waals surface area contributed by atoms with E-state index in [4.69, 9.17) is 18.9 Å². The third-order valence-corrected chi connectivity index (χ3v) is 8.61. The lowest BCUT2D eigenvalue weighted by Gasteiger charge is -2.36. The first-order valence-electron chi connectivity index (χ1n) is 17.2. The Bertz CT molecular complexity index is 1750. The first-order chi connectivity index (χ1) is 24.0. The van der Waals surface area contributed by atoms with Crippen LogP contribution in [0.2, 0.25) is 0 Å². The second-order valence-electron chi connectivity index (χ2n) is 13.3. The van der Waals surface area contributed by atoms with Crippen molar-refractivity contribution >= 4 is 28.9 Å². The fourth-order valence-corrected chi connectivity index (χ4v) is 6.44. The van der Waals surface area contributed by atoms with Crippen LogP contribution >= 0.6 is 0 Å². The summed E-state index contributed by atoms with van der Waals surface area (Å²) in [6, 6.07) is 23.7. The Morgan fingerprint density at radius 3 is 2.10 bits per heavy atom. The predicted molar refractivity (Wildman–Crippen MR) is 191 cm³/mol. The Morgan fingerprint density at radius 1 is 0.860 bits per heavy atom. The third kappa shape index (κ3) is 8.67. The Kier molecular flexibility index (Phi) is 11.9. The van der Waals surface area contributed by atoms with Crippen molar-refractivity contribution < 1.29 is 33.3 Å². The van der Waals surface area contributed by atoms with Crippen LogP contribution in [0.5, 0.6) is 0 Å². The molecule has 10 nitrogen and oxygen atoms in total. The van der Waals surface area contributed by atoms with Gasteiger partial charge in [0.05, 0.1) is 18.0 Å². The van der Waals surface area contributed by atoms with E-state index in [2.05, 4.69) is 22.4 Å². The Morgan fingerprint density at radius 2 is 1.48 bits per heavy atom. The molecule has 1 N–H and O–H groups in total. The van der Waals surface area contributed by atoms with Crippen LogP contribution in [0.25, 0.3) is 22.0 Å². The second kappa shape index (κ2) is 16.3. The number of para-hydroxylation sites is 1. The van der Waals surface area contributed by atoms with E-state index in [9.17, 15) is 14.4 Å². The van der Waals surface area contributed by atoms with Crippen molar-refractivity contribution in [3.05, 3.63) is 102 Å². The fourth-order valence-electron chi connectivity index (χ4n) is 6.44. The van der Waals surface area contributed by atoms with Gasteiger partial charge in [-0.3, -0.25) is 14.6 Å². The molecule has 10 heteroatoms. The molecule has 0 saturated carbocycles. The van der Waals surface area contributed by atoms with Gasteiger partial charge in [-0.1, -0.05) is 72.8 Å². The molecule has 2 atom stereocenters. The number of carbonyl (C=O) groups is 3. The first-order valence-corrected chi connectivity index (χ1v) is 17.2. The molecule has 0 bridgehead atoms. The minimum Gasteiger partial charge on any atom is -0.460 e.